The highest BCUT2D eigenvalue weighted by molar-refractivity contribution is 6.30. The molecule has 0 bridgehead atoms. The van der Waals surface area contributed by atoms with Gasteiger partial charge in [-0.1, -0.05) is 17.7 Å². The molecule has 2 nitrogen and oxygen atoms in total. The number of rotatable bonds is 4. The first-order valence-corrected chi connectivity index (χ1v) is 6.36. The van der Waals surface area contributed by atoms with Crippen molar-refractivity contribution in [3.8, 4) is 5.75 Å². The second-order valence-corrected chi connectivity index (χ2v) is 4.74. The molecule has 2 rings (SSSR count). The van der Waals surface area contributed by atoms with Gasteiger partial charge >= 0.3 is 0 Å². The van der Waals surface area contributed by atoms with Crippen LogP contribution in [0.3, 0.4) is 0 Å². The molecule has 100 valence electrons. The summed E-state index contributed by atoms with van der Waals surface area (Å²) in [4.78, 5) is 0. The summed E-state index contributed by atoms with van der Waals surface area (Å²) in [6, 6.07) is 11.9. The van der Waals surface area contributed by atoms with Crippen LogP contribution in [0.25, 0.3) is 0 Å². The van der Waals surface area contributed by atoms with E-state index in [0.717, 1.165) is 5.56 Å². The summed E-state index contributed by atoms with van der Waals surface area (Å²) in [5.74, 6) is 0.452. The SMILES string of the molecule is Cc1cc(C(CN)Oc2ccc(Cl)cc2)ccc1F. The number of nitrogens with two attached hydrogens (primary N) is 1. The van der Waals surface area contributed by atoms with Gasteiger partial charge in [0, 0.05) is 11.6 Å². The van der Waals surface area contributed by atoms with E-state index >= 15 is 0 Å². The maximum atomic E-state index is 13.3. The third-order valence-electron chi connectivity index (χ3n) is 2.86. The minimum atomic E-state index is -0.305. The molecule has 1 atom stereocenters. The topological polar surface area (TPSA) is 35.2 Å². The number of benzene rings is 2. The van der Waals surface area contributed by atoms with Gasteiger partial charge in [0.15, 0.2) is 0 Å². The number of hydrogen-bond donors (Lipinski definition) is 1. The molecule has 0 saturated carbocycles. The average molecular weight is 280 g/mol. The summed E-state index contributed by atoms with van der Waals surface area (Å²) < 4.78 is 19.0. The maximum Gasteiger partial charge on any atom is 0.136 e. The number of hydrogen-bond acceptors (Lipinski definition) is 2. The fraction of sp³-hybridized carbons (Fsp3) is 0.200. The Labute approximate surface area is 117 Å². The number of aryl methyl sites for hydroxylation is 1. The summed E-state index contributed by atoms with van der Waals surface area (Å²) in [7, 11) is 0. The Morgan fingerprint density at radius 2 is 1.89 bits per heavy atom. The van der Waals surface area contributed by atoms with Gasteiger partial charge in [-0.05, 0) is 54.4 Å². The lowest BCUT2D eigenvalue weighted by Gasteiger charge is -2.18. The molecule has 0 fully saturated rings. The lowest BCUT2D eigenvalue weighted by atomic mass is 10.1. The van der Waals surface area contributed by atoms with Crippen molar-refractivity contribution in [1.82, 2.24) is 0 Å². The molecule has 0 aliphatic rings. The zero-order valence-electron chi connectivity index (χ0n) is 10.6. The largest absolute Gasteiger partial charge is 0.484 e. The van der Waals surface area contributed by atoms with Crippen molar-refractivity contribution < 1.29 is 9.13 Å². The Kier molecular flexibility index (Phi) is 4.40. The quantitative estimate of drug-likeness (QED) is 0.922. The molecule has 1 unspecified atom stereocenters. The van der Waals surface area contributed by atoms with Crippen molar-refractivity contribution in [1.29, 1.82) is 0 Å². The van der Waals surface area contributed by atoms with Crippen molar-refractivity contribution in [2.75, 3.05) is 6.54 Å². The first kappa shape index (κ1) is 13.8. The Balaban J connectivity index is 2.19. The van der Waals surface area contributed by atoms with E-state index in [9.17, 15) is 4.39 Å². The van der Waals surface area contributed by atoms with E-state index in [-0.39, 0.29) is 11.9 Å². The third kappa shape index (κ3) is 3.46. The fourth-order valence-electron chi connectivity index (χ4n) is 1.80. The number of halogens is 2. The number of ether oxygens (including phenoxy) is 1. The molecule has 0 aliphatic carbocycles. The minimum Gasteiger partial charge on any atom is -0.484 e. The summed E-state index contributed by atoms with van der Waals surface area (Å²) in [5.41, 5.74) is 7.16. The van der Waals surface area contributed by atoms with Crippen molar-refractivity contribution >= 4 is 11.6 Å². The van der Waals surface area contributed by atoms with Crippen molar-refractivity contribution in [3.05, 3.63) is 64.4 Å². The van der Waals surface area contributed by atoms with E-state index in [1.807, 2.05) is 0 Å². The summed E-state index contributed by atoms with van der Waals surface area (Å²) >= 11 is 5.82. The molecule has 2 aromatic rings. The van der Waals surface area contributed by atoms with Crippen LogP contribution in [0.1, 0.15) is 17.2 Å². The molecule has 2 aromatic carbocycles. The van der Waals surface area contributed by atoms with Crippen LogP contribution in [-0.2, 0) is 0 Å². The smallest absolute Gasteiger partial charge is 0.136 e. The molecule has 0 saturated heterocycles. The Morgan fingerprint density at radius 3 is 2.47 bits per heavy atom. The summed E-state index contributed by atoms with van der Waals surface area (Å²) in [6.45, 7) is 2.03. The van der Waals surface area contributed by atoms with E-state index in [1.54, 1.807) is 43.3 Å². The maximum absolute atomic E-state index is 13.3. The Morgan fingerprint density at radius 1 is 1.21 bits per heavy atom. The zero-order chi connectivity index (χ0) is 13.8. The predicted molar refractivity (Wildman–Crippen MR) is 75.0 cm³/mol. The normalized spacial score (nSPS) is 12.2. The van der Waals surface area contributed by atoms with Crippen molar-refractivity contribution in [3.63, 3.8) is 0 Å². The molecule has 0 radical (unpaired) electrons. The molecule has 4 heteroatoms. The highest BCUT2D eigenvalue weighted by Crippen LogP contribution is 2.24. The van der Waals surface area contributed by atoms with Crippen molar-refractivity contribution in [2.24, 2.45) is 5.73 Å². The second-order valence-electron chi connectivity index (χ2n) is 4.30. The third-order valence-corrected chi connectivity index (χ3v) is 3.11. The van der Waals surface area contributed by atoms with Gasteiger partial charge in [0.25, 0.3) is 0 Å². The van der Waals surface area contributed by atoms with Crippen molar-refractivity contribution in [2.45, 2.75) is 13.0 Å². The Hall–Kier alpha value is -1.58. The summed E-state index contributed by atoms with van der Waals surface area (Å²) in [5, 5.41) is 0.647. The second kappa shape index (κ2) is 6.04. The van der Waals surface area contributed by atoms with E-state index in [1.165, 1.54) is 6.07 Å². The van der Waals surface area contributed by atoms with Gasteiger partial charge in [0.2, 0.25) is 0 Å². The molecular formula is C15H15ClFNO. The van der Waals surface area contributed by atoms with Crippen LogP contribution in [0, 0.1) is 12.7 Å². The molecule has 0 aliphatic heterocycles. The first-order valence-electron chi connectivity index (χ1n) is 5.98. The highest BCUT2D eigenvalue weighted by atomic mass is 35.5. The van der Waals surface area contributed by atoms with Gasteiger partial charge in [0.05, 0.1) is 0 Å². The van der Waals surface area contributed by atoms with Crippen LogP contribution >= 0.6 is 11.6 Å². The fourth-order valence-corrected chi connectivity index (χ4v) is 1.92. The van der Waals surface area contributed by atoms with Gasteiger partial charge in [0.1, 0.15) is 17.7 Å². The lowest BCUT2D eigenvalue weighted by molar-refractivity contribution is 0.214. The molecule has 19 heavy (non-hydrogen) atoms. The van der Waals surface area contributed by atoms with E-state index in [0.29, 0.717) is 22.9 Å². The van der Waals surface area contributed by atoms with Crippen LogP contribution in [0.2, 0.25) is 5.02 Å². The van der Waals surface area contributed by atoms with Crippen LogP contribution < -0.4 is 10.5 Å². The predicted octanol–water partition coefficient (Wildman–Crippen LogP) is 3.87. The Bertz CT molecular complexity index is 557. The average Bonchev–Trinajstić information content (AvgIpc) is 2.41. The minimum absolute atomic E-state index is 0.231. The van der Waals surface area contributed by atoms with Crippen LogP contribution in [0.15, 0.2) is 42.5 Å². The zero-order valence-corrected chi connectivity index (χ0v) is 11.3. The standard InChI is InChI=1S/C15H15ClFNO/c1-10-8-11(2-7-14(10)17)15(9-18)19-13-5-3-12(16)4-6-13/h2-8,15H,9,18H2,1H3. The molecule has 0 aromatic heterocycles. The van der Waals surface area contributed by atoms with Gasteiger partial charge in [-0.25, -0.2) is 4.39 Å². The van der Waals surface area contributed by atoms with E-state index in [4.69, 9.17) is 22.1 Å². The van der Waals surface area contributed by atoms with E-state index < -0.39 is 0 Å². The van der Waals surface area contributed by atoms with Crippen LogP contribution in [0.4, 0.5) is 4.39 Å². The van der Waals surface area contributed by atoms with Crippen LogP contribution in [-0.4, -0.2) is 6.54 Å². The monoisotopic (exact) mass is 279 g/mol. The lowest BCUT2D eigenvalue weighted by Crippen LogP contribution is -2.18. The van der Waals surface area contributed by atoms with E-state index in [2.05, 4.69) is 0 Å². The molecule has 0 spiro atoms. The van der Waals surface area contributed by atoms with Crippen LogP contribution in [0.5, 0.6) is 5.75 Å². The van der Waals surface area contributed by atoms with Gasteiger partial charge in [-0.3, -0.25) is 0 Å². The summed E-state index contributed by atoms with van der Waals surface area (Å²) in [6.07, 6.45) is -0.305. The van der Waals surface area contributed by atoms with Gasteiger partial charge in [-0.2, -0.15) is 0 Å². The first-order chi connectivity index (χ1) is 9.10. The molecule has 0 heterocycles. The molecule has 0 amide bonds. The molecule has 2 N–H and O–H groups in total. The van der Waals surface area contributed by atoms with Gasteiger partial charge < -0.3 is 10.5 Å². The molecular weight excluding hydrogens is 265 g/mol. The van der Waals surface area contributed by atoms with Gasteiger partial charge in [-0.15, -0.1) is 0 Å². The highest BCUT2D eigenvalue weighted by Gasteiger charge is 2.13.